The van der Waals surface area contributed by atoms with E-state index < -0.39 is 0 Å². The molecular weight excluding hydrogens is 258 g/mol. The Hall–Kier alpha value is -0.130. The van der Waals surface area contributed by atoms with Crippen LogP contribution in [0, 0.1) is 0 Å². The first-order valence-electron chi connectivity index (χ1n) is 5.90. The lowest BCUT2D eigenvalue weighted by atomic mass is 9.85. The Balaban J connectivity index is 2.23. The Bertz CT molecular complexity index is 358. The molecule has 1 aromatic rings. The largest absolute Gasteiger partial charge is 0.381 e. The van der Waals surface area contributed by atoms with Gasteiger partial charge in [0.2, 0.25) is 0 Å². The van der Waals surface area contributed by atoms with E-state index >= 15 is 0 Å². The number of hydrogen-bond acceptors (Lipinski definition) is 4. The molecule has 5 heteroatoms. The number of hydrogen-bond donors (Lipinski definition) is 1. The molecule has 0 amide bonds. The van der Waals surface area contributed by atoms with E-state index in [-0.39, 0.29) is 11.6 Å². The molecule has 1 saturated heterocycles. The van der Waals surface area contributed by atoms with Crippen molar-refractivity contribution in [3.05, 3.63) is 21.3 Å². The van der Waals surface area contributed by atoms with E-state index in [2.05, 4.69) is 0 Å². The zero-order valence-electron chi connectivity index (χ0n) is 9.95. The second kappa shape index (κ2) is 5.67. The number of thiophene rings is 1. The molecule has 0 aliphatic carbocycles. The highest BCUT2D eigenvalue weighted by Crippen LogP contribution is 2.40. The minimum atomic E-state index is -0.318. The predicted octanol–water partition coefficient (Wildman–Crippen LogP) is 2.99. The first-order chi connectivity index (χ1) is 8.19. The fourth-order valence-electron chi connectivity index (χ4n) is 2.32. The third kappa shape index (κ3) is 2.66. The summed E-state index contributed by atoms with van der Waals surface area (Å²) in [6.45, 7) is 4.07. The summed E-state index contributed by atoms with van der Waals surface area (Å²) < 4.78 is 11.4. The lowest BCUT2D eigenvalue weighted by molar-refractivity contribution is -0.121. The van der Waals surface area contributed by atoms with E-state index in [1.54, 1.807) is 11.3 Å². The molecule has 2 heterocycles. The van der Waals surface area contributed by atoms with Gasteiger partial charge < -0.3 is 15.2 Å². The van der Waals surface area contributed by atoms with Crippen molar-refractivity contribution in [2.45, 2.75) is 31.4 Å². The van der Waals surface area contributed by atoms with Gasteiger partial charge in [-0.15, -0.1) is 11.3 Å². The molecule has 0 bridgehead atoms. The van der Waals surface area contributed by atoms with Crippen molar-refractivity contribution in [1.29, 1.82) is 0 Å². The van der Waals surface area contributed by atoms with Crippen molar-refractivity contribution in [3.8, 4) is 0 Å². The quantitative estimate of drug-likeness (QED) is 0.919. The van der Waals surface area contributed by atoms with Gasteiger partial charge in [0.05, 0.1) is 16.7 Å². The van der Waals surface area contributed by atoms with Crippen molar-refractivity contribution in [2.24, 2.45) is 5.73 Å². The molecule has 96 valence electrons. The van der Waals surface area contributed by atoms with Crippen molar-refractivity contribution < 1.29 is 9.47 Å². The standard InChI is InChI=1S/C12H18ClNO2S/c1-2-16-12(4-6-15-7-5-12)11(14)10-9(13)3-8-17-10/h3,8,11H,2,4-7,14H2,1H3. The molecule has 0 aromatic carbocycles. The zero-order chi connectivity index (χ0) is 12.3. The normalized spacial score (nSPS) is 21.4. The Kier molecular flexibility index (Phi) is 4.44. The van der Waals surface area contributed by atoms with Crippen LogP contribution < -0.4 is 5.73 Å². The molecule has 1 aliphatic heterocycles. The smallest absolute Gasteiger partial charge is 0.0926 e. The summed E-state index contributed by atoms with van der Waals surface area (Å²) in [6.07, 6.45) is 1.66. The van der Waals surface area contributed by atoms with Gasteiger partial charge in [-0.2, -0.15) is 0 Å². The maximum Gasteiger partial charge on any atom is 0.0926 e. The number of nitrogens with two attached hydrogens (primary N) is 1. The van der Waals surface area contributed by atoms with Crippen LogP contribution in [0.15, 0.2) is 11.4 Å². The molecular formula is C12H18ClNO2S. The molecule has 1 unspecified atom stereocenters. The average molecular weight is 276 g/mol. The first kappa shape index (κ1) is 13.3. The number of halogens is 1. The van der Waals surface area contributed by atoms with E-state index in [0.717, 1.165) is 22.7 Å². The van der Waals surface area contributed by atoms with Crippen molar-refractivity contribution in [1.82, 2.24) is 0 Å². The molecule has 2 rings (SSSR count). The monoisotopic (exact) mass is 275 g/mol. The molecule has 1 atom stereocenters. The van der Waals surface area contributed by atoms with Gasteiger partial charge in [-0.1, -0.05) is 11.6 Å². The molecule has 2 N–H and O–H groups in total. The molecule has 1 aliphatic rings. The Morgan fingerprint density at radius 2 is 2.29 bits per heavy atom. The summed E-state index contributed by atoms with van der Waals surface area (Å²) in [6, 6.07) is 1.72. The minimum absolute atomic E-state index is 0.168. The molecule has 3 nitrogen and oxygen atoms in total. The minimum Gasteiger partial charge on any atom is -0.381 e. The highest BCUT2D eigenvalue weighted by molar-refractivity contribution is 7.10. The highest BCUT2D eigenvalue weighted by atomic mass is 35.5. The van der Waals surface area contributed by atoms with Gasteiger partial charge in [-0.3, -0.25) is 0 Å². The third-order valence-corrected chi connectivity index (χ3v) is 4.71. The molecule has 0 saturated carbocycles. The summed E-state index contributed by atoms with van der Waals surface area (Å²) >= 11 is 7.76. The maximum absolute atomic E-state index is 6.38. The van der Waals surface area contributed by atoms with Gasteiger partial charge in [0.25, 0.3) is 0 Å². The van der Waals surface area contributed by atoms with Crippen LogP contribution in [0.4, 0.5) is 0 Å². The fraction of sp³-hybridized carbons (Fsp3) is 0.667. The van der Waals surface area contributed by atoms with Crippen LogP contribution in [0.3, 0.4) is 0 Å². The average Bonchev–Trinajstić information content (AvgIpc) is 2.76. The maximum atomic E-state index is 6.38. The van der Waals surface area contributed by atoms with E-state index in [4.69, 9.17) is 26.8 Å². The Morgan fingerprint density at radius 1 is 1.59 bits per heavy atom. The van der Waals surface area contributed by atoms with Gasteiger partial charge in [0.1, 0.15) is 0 Å². The fourth-order valence-corrected chi connectivity index (χ4v) is 3.60. The lowest BCUT2D eigenvalue weighted by Crippen LogP contribution is -2.47. The number of rotatable bonds is 4. The van der Waals surface area contributed by atoms with Crippen molar-refractivity contribution in [3.63, 3.8) is 0 Å². The summed E-state index contributed by atoms with van der Waals surface area (Å²) in [5.41, 5.74) is 6.06. The predicted molar refractivity (Wildman–Crippen MR) is 70.7 cm³/mol. The van der Waals surface area contributed by atoms with Crippen LogP contribution in [0.1, 0.15) is 30.7 Å². The first-order valence-corrected chi connectivity index (χ1v) is 7.15. The molecule has 17 heavy (non-hydrogen) atoms. The van der Waals surface area contributed by atoms with Crippen LogP contribution in [0.25, 0.3) is 0 Å². The summed E-state index contributed by atoms with van der Waals surface area (Å²) in [4.78, 5) is 1.02. The highest BCUT2D eigenvalue weighted by Gasteiger charge is 2.41. The lowest BCUT2D eigenvalue weighted by Gasteiger charge is -2.41. The van der Waals surface area contributed by atoms with E-state index in [0.29, 0.717) is 19.8 Å². The molecule has 0 radical (unpaired) electrons. The van der Waals surface area contributed by atoms with E-state index in [1.807, 2.05) is 18.4 Å². The van der Waals surface area contributed by atoms with Crippen LogP contribution in [0.5, 0.6) is 0 Å². The van der Waals surface area contributed by atoms with Crippen LogP contribution in [0.2, 0.25) is 5.02 Å². The van der Waals surface area contributed by atoms with E-state index in [1.165, 1.54) is 0 Å². The van der Waals surface area contributed by atoms with Crippen LogP contribution >= 0.6 is 22.9 Å². The summed E-state index contributed by atoms with van der Waals surface area (Å²) in [5, 5.41) is 2.71. The summed E-state index contributed by atoms with van der Waals surface area (Å²) in [5.74, 6) is 0. The van der Waals surface area contributed by atoms with E-state index in [9.17, 15) is 0 Å². The van der Waals surface area contributed by atoms with Crippen LogP contribution in [-0.4, -0.2) is 25.4 Å². The van der Waals surface area contributed by atoms with Gasteiger partial charge in [0, 0.05) is 37.5 Å². The molecule has 1 aromatic heterocycles. The number of ether oxygens (including phenoxy) is 2. The van der Waals surface area contributed by atoms with Crippen molar-refractivity contribution in [2.75, 3.05) is 19.8 Å². The van der Waals surface area contributed by atoms with Gasteiger partial charge in [0.15, 0.2) is 0 Å². The van der Waals surface area contributed by atoms with Crippen LogP contribution in [-0.2, 0) is 9.47 Å². The Morgan fingerprint density at radius 3 is 2.82 bits per heavy atom. The van der Waals surface area contributed by atoms with Gasteiger partial charge >= 0.3 is 0 Å². The van der Waals surface area contributed by atoms with Gasteiger partial charge in [-0.25, -0.2) is 0 Å². The SMILES string of the molecule is CCOC1(C(N)c2sccc2Cl)CCOCC1. The molecule has 1 fully saturated rings. The van der Waals surface area contributed by atoms with Gasteiger partial charge in [-0.05, 0) is 18.4 Å². The topological polar surface area (TPSA) is 44.5 Å². The second-order valence-electron chi connectivity index (χ2n) is 4.22. The third-order valence-electron chi connectivity index (χ3n) is 3.26. The summed E-state index contributed by atoms with van der Waals surface area (Å²) in [7, 11) is 0. The molecule has 0 spiro atoms. The second-order valence-corrected chi connectivity index (χ2v) is 5.58. The zero-order valence-corrected chi connectivity index (χ0v) is 11.5. The Labute approximate surface area is 111 Å². The van der Waals surface area contributed by atoms with Crippen molar-refractivity contribution >= 4 is 22.9 Å².